The van der Waals surface area contributed by atoms with Gasteiger partial charge in [0.25, 0.3) is 0 Å². The summed E-state index contributed by atoms with van der Waals surface area (Å²) < 4.78 is 11.3. The van der Waals surface area contributed by atoms with Gasteiger partial charge in [0.05, 0.1) is 19.8 Å². The Bertz CT molecular complexity index is 672. The zero-order chi connectivity index (χ0) is 17.5. The predicted molar refractivity (Wildman–Crippen MR) is 99.2 cm³/mol. The molecular weight excluding hydrogens is 316 g/mol. The van der Waals surface area contributed by atoms with Gasteiger partial charge in [-0.2, -0.15) is 0 Å². The van der Waals surface area contributed by atoms with Gasteiger partial charge in [0.1, 0.15) is 23.7 Å². The molecule has 1 aromatic carbocycles. The number of para-hydroxylation sites is 1. The molecule has 25 heavy (non-hydrogen) atoms. The molecule has 1 aromatic heterocycles. The standard InChI is InChI=1S/C19H26N4O2/c1-15(2)13-25-17-6-4-3-5-16(17)12-20-18-11-19(22-14-21-18)23-7-9-24-10-8-23/h3-6,11,14-15H,7-10,12-13H2,1-2H3,(H,20,21,22). The third kappa shape index (κ3) is 5.06. The normalized spacial score (nSPS) is 14.6. The second kappa shape index (κ2) is 8.67. The van der Waals surface area contributed by atoms with Gasteiger partial charge in [0.15, 0.2) is 0 Å². The van der Waals surface area contributed by atoms with Crippen molar-refractivity contribution >= 4 is 11.6 Å². The van der Waals surface area contributed by atoms with Gasteiger partial charge < -0.3 is 19.7 Å². The zero-order valence-electron chi connectivity index (χ0n) is 14.9. The molecule has 0 spiro atoms. The first-order chi connectivity index (χ1) is 12.2. The van der Waals surface area contributed by atoms with Gasteiger partial charge in [-0.25, -0.2) is 9.97 Å². The molecule has 1 aliphatic rings. The van der Waals surface area contributed by atoms with Crippen molar-refractivity contribution in [1.29, 1.82) is 0 Å². The van der Waals surface area contributed by atoms with Crippen LogP contribution in [0.3, 0.4) is 0 Å². The predicted octanol–water partition coefficient (Wildman–Crippen LogP) is 2.96. The zero-order valence-corrected chi connectivity index (χ0v) is 14.9. The van der Waals surface area contributed by atoms with Gasteiger partial charge in [-0.15, -0.1) is 0 Å². The summed E-state index contributed by atoms with van der Waals surface area (Å²) >= 11 is 0. The molecule has 0 bridgehead atoms. The highest BCUT2D eigenvalue weighted by Gasteiger charge is 2.13. The minimum Gasteiger partial charge on any atom is -0.493 e. The maximum absolute atomic E-state index is 5.91. The molecule has 0 radical (unpaired) electrons. The van der Waals surface area contributed by atoms with Crippen LogP contribution in [0.15, 0.2) is 36.7 Å². The molecule has 134 valence electrons. The molecule has 2 heterocycles. The first-order valence-electron chi connectivity index (χ1n) is 8.81. The van der Waals surface area contributed by atoms with Crippen LogP contribution in [0.4, 0.5) is 11.6 Å². The Kier molecular flexibility index (Phi) is 6.06. The highest BCUT2D eigenvalue weighted by Crippen LogP contribution is 2.21. The molecule has 1 N–H and O–H groups in total. The van der Waals surface area contributed by atoms with Crippen molar-refractivity contribution in [3.63, 3.8) is 0 Å². The van der Waals surface area contributed by atoms with Crippen molar-refractivity contribution in [3.05, 3.63) is 42.2 Å². The van der Waals surface area contributed by atoms with Crippen molar-refractivity contribution in [2.24, 2.45) is 5.92 Å². The van der Waals surface area contributed by atoms with E-state index in [1.54, 1.807) is 6.33 Å². The topological polar surface area (TPSA) is 59.5 Å². The summed E-state index contributed by atoms with van der Waals surface area (Å²) in [7, 11) is 0. The lowest BCUT2D eigenvalue weighted by Crippen LogP contribution is -2.36. The van der Waals surface area contributed by atoms with Crippen molar-refractivity contribution in [2.75, 3.05) is 43.1 Å². The quantitative estimate of drug-likeness (QED) is 0.835. The third-order valence-electron chi connectivity index (χ3n) is 3.99. The average Bonchev–Trinajstić information content (AvgIpc) is 2.66. The number of aromatic nitrogens is 2. The summed E-state index contributed by atoms with van der Waals surface area (Å²) in [6, 6.07) is 10.1. The van der Waals surface area contributed by atoms with Gasteiger partial charge in [0, 0.05) is 31.3 Å². The minimum atomic E-state index is 0.499. The van der Waals surface area contributed by atoms with Crippen molar-refractivity contribution < 1.29 is 9.47 Å². The molecule has 6 nitrogen and oxygen atoms in total. The van der Waals surface area contributed by atoms with E-state index >= 15 is 0 Å². The molecule has 0 aliphatic carbocycles. The van der Waals surface area contributed by atoms with Crippen LogP contribution in [0.2, 0.25) is 0 Å². The molecule has 0 unspecified atom stereocenters. The smallest absolute Gasteiger partial charge is 0.134 e. The van der Waals surface area contributed by atoms with E-state index in [0.29, 0.717) is 19.1 Å². The highest BCUT2D eigenvalue weighted by atomic mass is 16.5. The van der Waals surface area contributed by atoms with Crippen molar-refractivity contribution in [1.82, 2.24) is 9.97 Å². The fourth-order valence-electron chi connectivity index (χ4n) is 2.64. The first kappa shape index (κ1) is 17.5. The lowest BCUT2D eigenvalue weighted by Gasteiger charge is -2.27. The van der Waals surface area contributed by atoms with Crippen LogP contribution in [0.1, 0.15) is 19.4 Å². The number of nitrogens with one attached hydrogen (secondary N) is 1. The van der Waals surface area contributed by atoms with Gasteiger partial charge in [-0.3, -0.25) is 0 Å². The first-order valence-corrected chi connectivity index (χ1v) is 8.81. The summed E-state index contributed by atoms with van der Waals surface area (Å²) in [5.41, 5.74) is 1.12. The fraction of sp³-hybridized carbons (Fsp3) is 0.474. The highest BCUT2D eigenvalue weighted by molar-refractivity contribution is 5.49. The third-order valence-corrected chi connectivity index (χ3v) is 3.99. The van der Waals surface area contributed by atoms with E-state index in [-0.39, 0.29) is 0 Å². The lowest BCUT2D eigenvalue weighted by atomic mass is 10.2. The SMILES string of the molecule is CC(C)COc1ccccc1CNc1cc(N2CCOCC2)ncn1. The van der Waals surface area contributed by atoms with Crippen LogP contribution >= 0.6 is 0 Å². The van der Waals surface area contributed by atoms with E-state index in [1.165, 1.54) is 0 Å². The number of hydrogen-bond donors (Lipinski definition) is 1. The summed E-state index contributed by atoms with van der Waals surface area (Å²) in [4.78, 5) is 10.9. The van der Waals surface area contributed by atoms with Crippen molar-refractivity contribution in [2.45, 2.75) is 20.4 Å². The molecule has 6 heteroatoms. The molecule has 0 saturated carbocycles. The van der Waals surface area contributed by atoms with E-state index in [1.807, 2.05) is 24.3 Å². The van der Waals surface area contributed by atoms with Crippen LogP contribution in [-0.4, -0.2) is 42.9 Å². The lowest BCUT2D eigenvalue weighted by molar-refractivity contribution is 0.122. The summed E-state index contributed by atoms with van der Waals surface area (Å²) in [5, 5.41) is 3.38. The second-order valence-corrected chi connectivity index (χ2v) is 6.53. The Morgan fingerprint density at radius 1 is 1.20 bits per heavy atom. The van der Waals surface area contributed by atoms with Crippen LogP contribution < -0.4 is 15.0 Å². The van der Waals surface area contributed by atoms with Crippen LogP contribution in [0, 0.1) is 5.92 Å². The molecule has 1 saturated heterocycles. The Labute approximate surface area is 149 Å². The second-order valence-electron chi connectivity index (χ2n) is 6.53. The molecule has 2 aromatic rings. The van der Waals surface area contributed by atoms with Gasteiger partial charge in [-0.1, -0.05) is 32.0 Å². The Hall–Kier alpha value is -2.34. The summed E-state index contributed by atoms with van der Waals surface area (Å²) in [6.45, 7) is 8.88. The Balaban J connectivity index is 1.63. The van der Waals surface area contributed by atoms with E-state index < -0.39 is 0 Å². The van der Waals surface area contributed by atoms with Crippen LogP contribution in [-0.2, 0) is 11.3 Å². The van der Waals surface area contributed by atoms with E-state index in [4.69, 9.17) is 9.47 Å². The van der Waals surface area contributed by atoms with Crippen LogP contribution in [0.5, 0.6) is 5.75 Å². The van der Waals surface area contributed by atoms with E-state index in [2.05, 4.69) is 40.1 Å². The number of morpholine rings is 1. The minimum absolute atomic E-state index is 0.499. The van der Waals surface area contributed by atoms with E-state index in [9.17, 15) is 0 Å². The number of rotatable bonds is 7. The molecule has 1 aliphatic heterocycles. The number of benzene rings is 1. The van der Waals surface area contributed by atoms with Crippen LogP contribution in [0.25, 0.3) is 0 Å². The molecule has 0 amide bonds. The van der Waals surface area contributed by atoms with Gasteiger partial charge in [0.2, 0.25) is 0 Å². The monoisotopic (exact) mass is 342 g/mol. The molecule has 3 rings (SSSR count). The Morgan fingerprint density at radius 2 is 2.00 bits per heavy atom. The van der Waals surface area contributed by atoms with Gasteiger partial charge in [-0.05, 0) is 12.0 Å². The Morgan fingerprint density at radius 3 is 2.80 bits per heavy atom. The largest absolute Gasteiger partial charge is 0.493 e. The average molecular weight is 342 g/mol. The molecular formula is C19H26N4O2. The maximum atomic E-state index is 5.91. The maximum Gasteiger partial charge on any atom is 0.134 e. The number of anilines is 2. The summed E-state index contributed by atoms with van der Waals surface area (Å²) in [5.74, 6) is 3.17. The molecule has 0 atom stereocenters. The fourth-order valence-corrected chi connectivity index (χ4v) is 2.64. The van der Waals surface area contributed by atoms with Gasteiger partial charge >= 0.3 is 0 Å². The number of hydrogen-bond acceptors (Lipinski definition) is 6. The van der Waals surface area contributed by atoms with Crippen molar-refractivity contribution in [3.8, 4) is 5.75 Å². The summed E-state index contributed by atoms with van der Waals surface area (Å²) in [6.07, 6.45) is 1.61. The van der Waals surface area contributed by atoms with E-state index in [0.717, 1.165) is 49.3 Å². The number of ether oxygens (including phenoxy) is 2. The molecule has 1 fully saturated rings. The number of nitrogens with zero attached hydrogens (tertiary/aromatic N) is 3.